The van der Waals surface area contributed by atoms with Gasteiger partial charge in [-0.25, -0.2) is 0 Å². The second-order valence-corrected chi connectivity index (χ2v) is 5.77. The first-order valence-electron chi connectivity index (χ1n) is 7.04. The minimum absolute atomic E-state index is 0.287. The van der Waals surface area contributed by atoms with Gasteiger partial charge in [0.2, 0.25) is 0 Å². The number of benzene rings is 1. The Kier molecular flexibility index (Phi) is 3.15. The van der Waals surface area contributed by atoms with Crippen LogP contribution in [0.4, 0.5) is 5.69 Å². The normalized spacial score (nSPS) is 26.2. The zero-order valence-electron chi connectivity index (χ0n) is 11.5. The molecule has 1 unspecified atom stereocenters. The molecule has 0 spiro atoms. The summed E-state index contributed by atoms with van der Waals surface area (Å²) in [4.78, 5) is 2.28. The van der Waals surface area contributed by atoms with E-state index in [-0.39, 0.29) is 6.54 Å². The van der Waals surface area contributed by atoms with Crippen molar-refractivity contribution in [2.45, 2.75) is 31.3 Å². The highest BCUT2D eigenvalue weighted by atomic mass is 16.5. The summed E-state index contributed by atoms with van der Waals surface area (Å²) in [6, 6.07) is 4.18. The molecular weight excluding hydrogens is 240 g/mol. The van der Waals surface area contributed by atoms with Crippen LogP contribution in [0.15, 0.2) is 12.1 Å². The Hall–Kier alpha value is -1.26. The Labute approximate surface area is 114 Å². The molecule has 0 radical (unpaired) electrons. The molecule has 0 saturated carbocycles. The summed E-state index contributed by atoms with van der Waals surface area (Å²) in [6.45, 7) is 1.92. The van der Waals surface area contributed by atoms with E-state index in [1.807, 2.05) is 6.07 Å². The Morgan fingerprint density at radius 3 is 3.05 bits per heavy atom. The minimum Gasteiger partial charge on any atom is -0.493 e. The summed E-state index contributed by atoms with van der Waals surface area (Å²) in [5.41, 5.74) is 8.70. The van der Waals surface area contributed by atoms with E-state index < -0.39 is 5.60 Å². The fraction of sp³-hybridized carbons (Fsp3) is 0.600. The third-order valence-electron chi connectivity index (χ3n) is 4.41. The molecule has 2 aliphatic heterocycles. The van der Waals surface area contributed by atoms with Gasteiger partial charge in [-0.05, 0) is 30.5 Å². The minimum atomic E-state index is -0.823. The highest BCUT2D eigenvalue weighted by molar-refractivity contribution is 5.62. The molecule has 0 aliphatic carbocycles. The topological polar surface area (TPSA) is 58.7 Å². The summed E-state index contributed by atoms with van der Waals surface area (Å²) in [7, 11) is 2.12. The SMILES string of the molecule is CN1CCCc2c1ccc1c2CC(O)(CN)CCO1. The average Bonchev–Trinajstić information content (AvgIpc) is 2.58. The van der Waals surface area contributed by atoms with E-state index >= 15 is 0 Å². The summed E-state index contributed by atoms with van der Waals surface area (Å²) in [6.07, 6.45) is 3.42. The van der Waals surface area contributed by atoms with Crippen LogP contribution < -0.4 is 15.4 Å². The van der Waals surface area contributed by atoms with Crippen molar-refractivity contribution in [3.63, 3.8) is 0 Å². The molecule has 4 nitrogen and oxygen atoms in total. The van der Waals surface area contributed by atoms with Crippen LogP contribution in [0.25, 0.3) is 0 Å². The number of fused-ring (bicyclic) bond motifs is 3. The van der Waals surface area contributed by atoms with E-state index in [0.29, 0.717) is 19.4 Å². The lowest BCUT2D eigenvalue weighted by molar-refractivity contribution is 0.0345. The number of hydrogen-bond donors (Lipinski definition) is 2. The Balaban J connectivity index is 2.08. The molecule has 0 fully saturated rings. The molecule has 1 aromatic carbocycles. The fourth-order valence-electron chi connectivity index (χ4n) is 3.18. The zero-order valence-corrected chi connectivity index (χ0v) is 11.5. The third-order valence-corrected chi connectivity index (χ3v) is 4.41. The monoisotopic (exact) mass is 262 g/mol. The maximum absolute atomic E-state index is 10.6. The van der Waals surface area contributed by atoms with Crippen LogP contribution in [0.2, 0.25) is 0 Å². The van der Waals surface area contributed by atoms with Crippen LogP contribution in [0, 0.1) is 0 Å². The van der Waals surface area contributed by atoms with Crippen molar-refractivity contribution in [3.8, 4) is 5.75 Å². The first-order valence-corrected chi connectivity index (χ1v) is 7.04. The summed E-state index contributed by atoms with van der Waals surface area (Å²) in [5, 5.41) is 10.6. The number of rotatable bonds is 1. The zero-order chi connectivity index (χ0) is 13.5. The molecule has 1 atom stereocenters. The van der Waals surface area contributed by atoms with Crippen molar-refractivity contribution < 1.29 is 9.84 Å². The average molecular weight is 262 g/mol. The van der Waals surface area contributed by atoms with Crippen LogP contribution in [0.1, 0.15) is 24.0 Å². The van der Waals surface area contributed by atoms with E-state index in [1.54, 1.807) is 0 Å². The Morgan fingerprint density at radius 1 is 1.42 bits per heavy atom. The molecule has 104 valence electrons. The van der Waals surface area contributed by atoms with Gasteiger partial charge in [0.15, 0.2) is 0 Å². The highest BCUT2D eigenvalue weighted by Crippen LogP contribution is 2.38. The Bertz CT molecular complexity index is 489. The van der Waals surface area contributed by atoms with Gasteiger partial charge in [-0.15, -0.1) is 0 Å². The van der Waals surface area contributed by atoms with Gasteiger partial charge in [-0.1, -0.05) is 0 Å². The van der Waals surface area contributed by atoms with Gasteiger partial charge >= 0.3 is 0 Å². The van der Waals surface area contributed by atoms with Gasteiger partial charge in [0, 0.05) is 44.2 Å². The molecule has 19 heavy (non-hydrogen) atoms. The van der Waals surface area contributed by atoms with E-state index in [0.717, 1.165) is 30.7 Å². The molecule has 0 amide bonds. The van der Waals surface area contributed by atoms with Crippen molar-refractivity contribution in [2.75, 3.05) is 31.6 Å². The lowest BCUT2D eigenvalue weighted by Gasteiger charge is -2.31. The molecule has 3 N–H and O–H groups in total. The summed E-state index contributed by atoms with van der Waals surface area (Å²) < 4.78 is 5.81. The largest absolute Gasteiger partial charge is 0.493 e. The number of ether oxygens (including phenoxy) is 1. The summed E-state index contributed by atoms with van der Waals surface area (Å²) in [5.74, 6) is 0.929. The van der Waals surface area contributed by atoms with Gasteiger partial charge in [0.25, 0.3) is 0 Å². The smallest absolute Gasteiger partial charge is 0.123 e. The van der Waals surface area contributed by atoms with Gasteiger partial charge < -0.3 is 20.5 Å². The van der Waals surface area contributed by atoms with Crippen LogP contribution in [-0.2, 0) is 12.8 Å². The van der Waals surface area contributed by atoms with Crippen molar-refractivity contribution >= 4 is 5.69 Å². The Morgan fingerprint density at radius 2 is 2.26 bits per heavy atom. The second-order valence-electron chi connectivity index (χ2n) is 5.77. The first-order chi connectivity index (χ1) is 9.13. The highest BCUT2D eigenvalue weighted by Gasteiger charge is 2.32. The van der Waals surface area contributed by atoms with Gasteiger partial charge in [-0.2, -0.15) is 0 Å². The molecule has 2 heterocycles. The lowest BCUT2D eigenvalue weighted by Crippen LogP contribution is -2.40. The molecule has 4 heteroatoms. The van der Waals surface area contributed by atoms with Gasteiger partial charge in [-0.3, -0.25) is 0 Å². The van der Waals surface area contributed by atoms with Crippen molar-refractivity contribution in [1.29, 1.82) is 0 Å². The second kappa shape index (κ2) is 4.69. The first kappa shape index (κ1) is 12.8. The van der Waals surface area contributed by atoms with E-state index in [1.165, 1.54) is 11.3 Å². The lowest BCUT2D eigenvalue weighted by atomic mass is 9.86. The summed E-state index contributed by atoms with van der Waals surface area (Å²) >= 11 is 0. The van der Waals surface area contributed by atoms with Gasteiger partial charge in [0.05, 0.1) is 12.2 Å². The predicted octanol–water partition coefficient (Wildman–Crippen LogP) is 1.08. The molecule has 2 aliphatic rings. The van der Waals surface area contributed by atoms with E-state index in [9.17, 15) is 5.11 Å². The molecule has 3 rings (SSSR count). The quantitative estimate of drug-likeness (QED) is 0.795. The standard InChI is InChI=1S/C15H22N2O2/c1-17-7-2-3-11-12-9-15(18,10-16)6-8-19-14(12)5-4-13(11)17/h4-5,18H,2-3,6-10,16H2,1H3. The molecule has 0 aromatic heterocycles. The van der Waals surface area contributed by atoms with E-state index in [2.05, 4.69) is 18.0 Å². The van der Waals surface area contributed by atoms with Crippen LogP contribution in [0.3, 0.4) is 0 Å². The number of nitrogens with zero attached hydrogens (tertiary/aromatic N) is 1. The maximum Gasteiger partial charge on any atom is 0.123 e. The van der Waals surface area contributed by atoms with Gasteiger partial charge in [0.1, 0.15) is 5.75 Å². The number of anilines is 1. The molecule has 0 saturated heterocycles. The fourth-order valence-corrected chi connectivity index (χ4v) is 3.18. The molecule has 1 aromatic rings. The van der Waals surface area contributed by atoms with Crippen LogP contribution >= 0.6 is 0 Å². The van der Waals surface area contributed by atoms with E-state index in [4.69, 9.17) is 10.5 Å². The number of hydrogen-bond acceptors (Lipinski definition) is 4. The third kappa shape index (κ3) is 2.19. The van der Waals surface area contributed by atoms with Crippen molar-refractivity contribution in [2.24, 2.45) is 5.73 Å². The van der Waals surface area contributed by atoms with Crippen molar-refractivity contribution in [1.82, 2.24) is 0 Å². The predicted molar refractivity (Wildman–Crippen MR) is 75.9 cm³/mol. The maximum atomic E-state index is 10.6. The molecular formula is C15H22N2O2. The van der Waals surface area contributed by atoms with Crippen LogP contribution in [-0.4, -0.2) is 37.5 Å². The molecule has 0 bridgehead atoms. The number of nitrogens with two attached hydrogens (primary N) is 1. The van der Waals surface area contributed by atoms with Crippen LogP contribution in [0.5, 0.6) is 5.75 Å². The number of aliphatic hydroxyl groups is 1. The van der Waals surface area contributed by atoms with Crippen molar-refractivity contribution in [3.05, 3.63) is 23.3 Å².